The zero-order valence-electron chi connectivity index (χ0n) is 15.2. The Kier molecular flexibility index (Phi) is 5.68. The minimum atomic E-state index is -0.335. The van der Waals surface area contributed by atoms with Crippen LogP contribution in [0.5, 0.6) is 0 Å². The second-order valence-electron chi connectivity index (χ2n) is 6.57. The lowest BCUT2D eigenvalue weighted by Gasteiger charge is -2.36. The van der Waals surface area contributed by atoms with Gasteiger partial charge in [0.2, 0.25) is 11.8 Å². The number of aromatic nitrogens is 2. The minimum Gasteiger partial charge on any atom is -0.349 e. The molecule has 2 unspecified atom stereocenters. The molecule has 1 aromatic heterocycles. The molecule has 2 N–H and O–H groups in total. The molecule has 2 atom stereocenters. The van der Waals surface area contributed by atoms with Crippen molar-refractivity contribution in [1.29, 1.82) is 0 Å². The Balaban J connectivity index is 1.79. The molecule has 7 heteroatoms. The van der Waals surface area contributed by atoms with E-state index < -0.39 is 0 Å². The normalized spacial score (nSPS) is 18.4. The van der Waals surface area contributed by atoms with Crippen LogP contribution in [-0.2, 0) is 16.6 Å². The van der Waals surface area contributed by atoms with Crippen LogP contribution in [0.25, 0.3) is 0 Å². The van der Waals surface area contributed by atoms with E-state index in [0.717, 1.165) is 17.9 Å². The average molecular weight is 355 g/mol. The van der Waals surface area contributed by atoms with Gasteiger partial charge in [0, 0.05) is 46.0 Å². The van der Waals surface area contributed by atoms with E-state index in [2.05, 4.69) is 15.6 Å². The zero-order valence-corrected chi connectivity index (χ0v) is 15.2. The summed E-state index contributed by atoms with van der Waals surface area (Å²) in [5.41, 5.74) is 0.930. The average Bonchev–Trinajstić information content (AvgIpc) is 3.07. The number of piperazine rings is 1. The first-order chi connectivity index (χ1) is 12.6. The van der Waals surface area contributed by atoms with Crippen molar-refractivity contribution in [2.24, 2.45) is 7.05 Å². The van der Waals surface area contributed by atoms with Crippen molar-refractivity contribution in [3.63, 3.8) is 0 Å². The van der Waals surface area contributed by atoms with Gasteiger partial charge in [-0.2, -0.15) is 0 Å². The Labute approximate surface area is 153 Å². The van der Waals surface area contributed by atoms with E-state index in [4.69, 9.17) is 0 Å². The Morgan fingerprint density at radius 2 is 2.12 bits per heavy atom. The van der Waals surface area contributed by atoms with E-state index in [1.165, 1.54) is 6.92 Å². The van der Waals surface area contributed by atoms with Gasteiger partial charge >= 0.3 is 0 Å². The van der Waals surface area contributed by atoms with Gasteiger partial charge in [-0.15, -0.1) is 0 Å². The fourth-order valence-corrected chi connectivity index (χ4v) is 3.41. The molecule has 1 aliphatic heterocycles. The molecule has 1 aliphatic rings. The number of rotatable bonds is 5. The number of nitrogens with zero attached hydrogens (tertiary/aromatic N) is 3. The number of imidazole rings is 1. The maximum absolute atomic E-state index is 13.1. The number of amides is 2. The fourth-order valence-electron chi connectivity index (χ4n) is 3.41. The quantitative estimate of drug-likeness (QED) is 0.844. The molecule has 0 radical (unpaired) electrons. The Morgan fingerprint density at radius 1 is 1.35 bits per heavy atom. The van der Waals surface area contributed by atoms with E-state index in [-0.39, 0.29) is 30.3 Å². The molecule has 0 aliphatic carbocycles. The second-order valence-corrected chi connectivity index (χ2v) is 6.57. The monoisotopic (exact) mass is 355 g/mol. The lowest BCUT2D eigenvalue weighted by atomic mass is 10.0. The van der Waals surface area contributed by atoms with Crippen LogP contribution >= 0.6 is 0 Å². The third-order valence-electron chi connectivity index (χ3n) is 4.68. The first-order valence-corrected chi connectivity index (χ1v) is 8.85. The first-order valence-electron chi connectivity index (χ1n) is 8.85. The summed E-state index contributed by atoms with van der Waals surface area (Å²) in [5.74, 6) is 0.732. The SMILES string of the molecule is CC(=O)NC(CC(=O)N1CCNCC1c1nccn1C)c1ccccc1. The van der Waals surface area contributed by atoms with E-state index in [1.807, 2.05) is 53.0 Å². The van der Waals surface area contributed by atoms with Crippen molar-refractivity contribution >= 4 is 11.8 Å². The van der Waals surface area contributed by atoms with Crippen molar-refractivity contribution in [2.75, 3.05) is 19.6 Å². The van der Waals surface area contributed by atoms with Crippen LogP contribution in [0.2, 0.25) is 0 Å². The largest absolute Gasteiger partial charge is 0.349 e. The highest BCUT2D eigenvalue weighted by atomic mass is 16.2. The van der Waals surface area contributed by atoms with Gasteiger partial charge in [0.25, 0.3) is 0 Å². The summed E-state index contributed by atoms with van der Waals surface area (Å²) in [5, 5.41) is 6.24. The molecule has 7 nitrogen and oxygen atoms in total. The smallest absolute Gasteiger partial charge is 0.225 e. The molecule has 1 saturated heterocycles. The Hall–Kier alpha value is -2.67. The van der Waals surface area contributed by atoms with Crippen molar-refractivity contribution in [3.8, 4) is 0 Å². The maximum atomic E-state index is 13.1. The summed E-state index contributed by atoms with van der Waals surface area (Å²) in [6.07, 6.45) is 3.86. The molecule has 0 bridgehead atoms. The summed E-state index contributed by atoms with van der Waals surface area (Å²) in [4.78, 5) is 31.0. The third-order valence-corrected chi connectivity index (χ3v) is 4.68. The predicted molar refractivity (Wildman–Crippen MR) is 98.1 cm³/mol. The van der Waals surface area contributed by atoms with E-state index in [9.17, 15) is 9.59 Å². The van der Waals surface area contributed by atoms with Gasteiger partial charge < -0.3 is 20.1 Å². The number of nitrogens with one attached hydrogen (secondary N) is 2. The molecule has 3 rings (SSSR count). The van der Waals surface area contributed by atoms with Gasteiger partial charge in [-0.05, 0) is 5.56 Å². The summed E-state index contributed by atoms with van der Waals surface area (Å²) in [6, 6.07) is 9.17. The number of benzene rings is 1. The number of aryl methyl sites for hydroxylation is 1. The van der Waals surface area contributed by atoms with Crippen LogP contribution < -0.4 is 10.6 Å². The van der Waals surface area contributed by atoms with E-state index in [1.54, 1.807) is 6.20 Å². The molecule has 2 amide bonds. The highest BCUT2D eigenvalue weighted by Crippen LogP contribution is 2.24. The third kappa shape index (κ3) is 4.11. The molecule has 0 saturated carbocycles. The molecule has 26 heavy (non-hydrogen) atoms. The van der Waals surface area contributed by atoms with Gasteiger partial charge in [-0.1, -0.05) is 30.3 Å². The lowest BCUT2D eigenvalue weighted by molar-refractivity contribution is -0.135. The molecular weight excluding hydrogens is 330 g/mol. The Bertz CT molecular complexity index is 758. The number of carbonyl (C=O) groups excluding carboxylic acids is 2. The maximum Gasteiger partial charge on any atom is 0.225 e. The molecule has 0 spiro atoms. The predicted octanol–water partition coefficient (Wildman–Crippen LogP) is 1.16. The van der Waals surface area contributed by atoms with Crippen LogP contribution in [0.3, 0.4) is 0 Å². The van der Waals surface area contributed by atoms with Gasteiger partial charge in [-0.25, -0.2) is 4.98 Å². The lowest BCUT2D eigenvalue weighted by Crippen LogP contribution is -2.50. The first kappa shape index (κ1) is 18.1. The van der Waals surface area contributed by atoms with Gasteiger partial charge in [0.05, 0.1) is 12.5 Å². The second kappa shape index (κ2) is 8.14. The summed E-state index contributed by atoms with van der Waals surface area (Å²) < 4.78 is 1.94. The van der Waals surface area contributed by atoms with Crippen LogP contribution in [-0.4, -0.2) is 45.9 Å². The van der Waals surface area contributed by atoms with E-state index >= 15 is 0 Å². The van der Waals surface area contributed by atoms with Crippen molar-refractivity contribution < 1.29 is 9.59 Å². The summed E-state index contributed by atoms with van der Waals surface area (Å²) >= 11 is 0. The van der Waals surface area contributed by atoms with E-state index in [0.29, 0.717) is 13.1 Å². The standard InChI is InChI=1S/C19H25N5O2/c1-14(25)22-16(15-6-4-3-5-7-15)12-18(26)24-11-8-20-13-17(24)19-21-9-10-23(19)2/h3-7,9-10,16-17,20H,8,11-13H2,1-2H3,(H,22,25). The van der Waals surface area contributed by atoms with Gasteiger partial charge in [-0.3, -0.25) is 9.59 Å². The van der Waals surface area contributed by atoms with Crippen molar-refractivity contribution in [2.45, 2.75) is 25.4 Å². The molecule has 1 aromatic carbocycles. The van der Waals surface area contributed by atoms with Crippen molar-refractivity contribution in [3.05, 3.63) is 54.1 Å². The summed E-state index contributed by atoms with van der Waals surface area (Å²) in [7, 11) is 1.93. The van der Waals surface area contributed by atoms with Crippen molar-refractivity contribution in [1.82, 2.24) is 25.1 Å². The number of hydrogen-bond donors (Lipinski definition) is 2. The Morgan fingerprint density at radius 3 is 2.77 bits per heavy atom. The highest BCUT2D eigenvalue weighted by Gasteiger charge is 2.31. The van der Waals surface area contributed by atoms with Gasteiger partial charge in [0.15, 0.2) is 0 Å². The topological polar surface area (TPSA) is 79.3 Å². The number of carbonyl (C=O) groups is 2. The molecule has 138 valence electrons. The van der Waals surface area contributed by atoms with Gasteiger partial charge in [0.1, 0.15) is 11.9 Å². The van der Waals surface area contributed by atoms with Crippen LogP contribution in [0, 0.1) is 0 Å². The zero-order chi connectivity index (χ0) is 18.5. The fraction of sp³-hybridized carbons (Fsp3) is 0.421. The number of hydrogen-bond acceptors (Lipinski definition) is 4. The highest BCUT2D eigenvalue weighted by molar-refractivity contribution is 5.79. The van der Waals surface area contributed by atoms with Crippen LogP contribution in [0.4, 0.5) is 0 Å². The molecular formula is C19H25N5O2. The molecule has 2 heterocycles. The summed E-state index contributed by atoms with van der Waals surface area (Å²) in [6.45, 7) is 3.52. The molecule has 2 aromatic rings. The molecule has 1 fully saturated rings. The minimum absolute atomic E-state index is 0.0158. The van der Waals surface area contributed by atoms with Crippen LogP contribution in [0.1, 0.15) is 36.8 Å². The van der Waals surface area contributed by atoms with Crippen LogP contribution in [0.15, 0.2) is 42.7 Å².